The molecule has 0 radical (unpaired) electrons. The van der Waals surface area contributed by atoms with E-state index >= 15 is 0 Å². The van der Waals surface area contributed by atoms with Crippen LogP contribution in [-0.2, 0) is 4.79 Å². The first-order valence-electron chi connectivity index (χ1n) is 7.96. The van der Waals surface area contributed by atoms with E-state index in [9.17, 15) is 4.79 Å². The summed E-state index contributed by atoms with van der Waals surface area (Å²) in [6.45, 7) is 3.71. The monoisotopic (exact) mass is 340 g/mol. The van der Waals surface area contributed by atoms with E-state index in [0.717, 1.165) is 37.9 Å². The van der Waals surface area contributed by atoms with Crippen LogP contribution in [0.4, 0.5) is 0 Å². The van der Waals surface area contributed by atoms with Crippen LogP contribution in [0.5, 0.6) is 0 Å². The van der Waals surface area contributed by atoms with Gasteiger partial charge in [-0.05, 0) is 55.7 Å². The molecule has 1 saturated heterocycles. The molecule has 2 N–H and O–H groups in total. The van der Waals surface area contributed by atoms with Crippen LogP contribution in [0.2, 0.25) is 10.0 Å². The van der Waals surface area contributed by atoms with Crippen molar-refractivity contribution in [3.63, 3.8) is 0 Å². The van der Waals surface area contributed by atoms with Crippen LogP contribution in [-0.4, -0.2) is 29.9 Å². The Balaban J connectivity index is 1.63. The van der Waals surface area contributed by atoms with Gasteiger partial charge < -0.3 is 10.6 Å². The number of nitrogens with zero attached hydrogens (tertiary/aromatic N) is 1. The number of likely N-dealkylation sites (tertiary alicyclic amines) is 1. The maximum absolute atomic E-state index is 12.7. The highest BCUT2D eigenvalue weighted by Gasteiger charge is 2.46. The third kappa shape index (κ3) is 3.27. The smallest absolute Gasteiger partial charge is 0.226 e. The van der Waals surface area contributed by atoms with Gasteiger partial charge in [0.1, 0.15) is 0 Å². The molecule has 3 rings (SSSR count). The molecule has 0 aromatic heterocycles. The van der Waals surface area contributed by atoms with Gasteiger partial charge >= 0.3 is 0 Å². The second kappa shape index (κ2) is 6.38. The quantitative estimate of drug-likeness (QED) is 0.912. The molecule has 1 aliphatic carbocycles. The van der Waals surface area contributed by atoms with Crippen LogP contribution in [0.3, 0.4) is 0 Å². The molecule has 3 nitrogen and oxygen atoms in total. The van der Waals surface area contributed by atoms with Gasteiger partial charge in [0, 0.05) is 25.0 Å². The van der Waals surface area contributed by atoms with E-state index in [1.54, 1.807) is 0 Å². The molecule has 1 aromatic rings. The van der Waals surface area contributed by atoms with Gasteiger partial charge in [0.15, 0.2) is 0 Å². The number of hydrogen-bond acceptors (Lipinski definition) is 2. The lowest BCUT2D eigenvalue weighted by atomic mass is 9.92. The van der Waals surface area contributed by atoms with E-state index in [1.165, 1.54) is 0 Å². The molecule has 2 aliphatic rings. The first-order chi connectivity index (χ1) is 10.5. The Hall–Kier alpha value is -0.770. The second-order valence-corrected chi connectivity index (χ2v) is 7.48. The minimum Gasteiger partial charge on any atom is -0.342 e. The van der Waals surface area contributed by atoms with E-state index in [4.69, 9.17) is 28.9 Å². The predicted molar refractivity (Wildman–Crippen MR) is 90.3 cm³/mol. The fraction of sp³-hybridized carbons (Fsp3) is 0.588. The summed E-state index contributed by atoms with van der Waals surface area (Å²) in [4.78, 5) is 14.7. The summed E-state index contributed by atoms with van der Waals surface area (Å²) >= 11 is 12.0. The van der Waals surface area contributed by atoms with Crippen molar-refractivity contribution >= 4 is 29.1 Å². The highest BCUT2D eigenvalue weighted by Crippen LogP contribution is 2.49. The molecule has 1 heterocycles. The summed E-state index contributed by atoms with van der Waals surface area (Å²) in [5.41, 5.74) is 7.12. The summed E-state index contributed by atoms with van der Waals surface area (Å²) in [7, 11) is 0. The minimum atomic E-state index is 0.101. The number of carbonyl (C=O) groups is 1. The van der Waals surface area contributed by atoms with Crippen molar-refractivity contribution in [3.8, 4) is 0 Å². The third-order valence-corrected chi connectivity index (χ3v) is 5.73. The van der Waals surface area contributed by atoms with Crippen molar-refractivity contribution in [2.24, 2.45) is 17.6 Å². The van der Waals surface area contributed by atoms with Crippen molar-refractivity contribution in [1.82, 2.24) is 4.90 Å². The van der Waals surface area contributed by atoms with E-state index < -0.39 is 0 Å². The van der Waals surface area contributed by atoms with Crippen LogP contribution >= 0.6 is 23.2 Å². The molecule has 1 saturated carbocycles. The van der Waals surface area contributed by atoms with E-state index in [1.807, 2.05) is 30.0 Å². The fourth-order valence-corrected chi connectivity index (χ4v) is 3.76. The molecular weight excluding hydrogens is 319 g/mol. The molecular formula is C17H22Cl2N2O. The molecule has 1 amide bonds. The number of amides is 1. The second-order valence-electron chi connectivity index (χ2n) is 6.67. The molecule has 4 atom stereocenters. The normalized spacial score (nSPS) is 29.3. The summed E-state index contributed by atoms with van der Waals surface area (Å²) in [6.07, 6.45) is 3.10. The lowest BCUT2D eigenvalue weighted by Crippen LogP contribution is -2.45. The SMILES string of the molecule is CC(N)C1CCCN(C(=O)C2CC2c2ccc(Cl)c(Cl)c2)C1. The molecule has 22 heavy (non-hydrogen) atoms. The van der Waals surface area contributed by atoms with Gasteiger partial charge in [0.05, 0.1) is 10.0 Å². The van der Waals surface area contributed by atoms with Crippen LogP contribution in [0.1, 0.15) is 37.7 Å². The molecule has 1 aliphatic heterocycles. The zero-order valence-electron chi connectivity index (χ0n) is 12.8. The average molecular weight is 341 g/mol. The van der Waals surface area contributed by atoms with Crippen molar-refractivity contribution in [2.45, 2.75) is 38.1 Å². The lowest BCUT2D eigenvalue weighted by molar-refractivity contribution is -0.134. The van der Waals surface area contributed by atoms with E-state index in [0.29, 0.717) is 16.0 Å². The third-order valence-electron chi connectivity index (χ3n) is 4.99. The standard InChI is InChI=1S/C17H22Cl2N2O/c1-10(20)12-3-2-6-21(9-12)17(22)14-8-13(14)11-4-5-15(18)16(19)7-11/h4-5,7,10,12-14H,2-3,6,8-9,20H2,1H3. The number of nitrogens with two attached hydrogens (primary N) is 1. The van der Waals surface area contributed by atoms with Crippen molar-refractivity contribution in [1.29, 1.82) is 0 Å². The fourth-order valence-electron chi connectivity index (χ4n) is 3.45. The van der Waals surface area contributed by atoms with Gasteiger partial charge in [-0.25, -0.2) is 0 Å². The van der Waals surface area contributed by atoms with Crippen molar-refractivity contribution < 1.29 is 4.79 Å². The van der Waals surface area contributed by atoms with E-state index in [2.05, 4.69) is 0 Å². The zero-order chi connectivity index (χ0) is 15.9. The lowest BCUT2D eigenvalue weighted by Gasteiger charge is -2.34. The molecule has 1 aromatic carbocycles. The van der Waals surface area contributed by atoms with Crippen LogP contribution in [0.25, 0.3) is 0 Å². The van der Waals surface area contributed by atoms with Gasteiger partial charge in [0.2, 0.25) is 5.91 Å². The predicted octanol–water partition coefficient (Wildman–Crippen LogP) is 3.68. The Bertz CT molecular complexity index is 576. The summed E-state index contributed by atoms with van der Waals surface area (Å²) in [5.74, 6) is 1.10. The Morgan fingerprint density at radius 1 is 1.36 bits per heavy atom. The highest BCUT2D eigenvalue weighted by molar-refractivity contribution is 6.42. The molecule has 5 heteroatoms. The van der Waals surface area contributed by atoms with Gasteiger partial charge in [0.25, 0.3) is 0 Å². The van der Waals surface area contributed by atoms with E-state index in [-0.39, 0.29) is 23.8 Å². The molecule has 0 bridgehead atoms. The number of rotatable bonds is 3. The average Bonchev–Trinajstić information content (AvgIpc) is 3.30. The Morgan fingerprint density at radius 3 is 2.82 bits per heavy atom. The Labute approximate surface area is 141 Å². The van der Waals surface area contributed by atoms with Crippen molar-refractivity contribution in [2.75, 3.05) is 13.1 Å². The van der Waals surface area contributed by atoms with Crippen molar-refractivity contribution in [3.05, 3.63) is 33.8 Å². The summed E-state index contributed by atoms with van der Waals surface area (Å²) in [5, 5.41) is 1.12. The molecule has 120 valence electrons. The molecule has 2 fully saturated rings. The van der Waals surface area contributed by atoms with Gasteiger partial charge in [-0.3, -0.25) is 4.79 Å². The molecule has 0 spiro atoms. The Kier molecular flexibility index (Phi) is 4.67. The zero-order valence-corrected chi connectivity index (χ0v) is 14.3. The number of piperidine rings is 1. The van der Waals surface area contributed by atoms with Gasteiger partial charge in [-0.15, -0.1) is 0 Å². The number of carbonyl (C=O) groups excluding carboxylic acids is 1. The first kappa shape index (κ1) is 16.1. The summed E-state index contributed by atoms with van der Waals surface area (Å²) in [6, 6.07) is 5.84. The first-order valence-corrected chi connectivity index (χ1v) is 8.72. The minimum absolute atomic E-state index is 0.101. The topological polar surface area (TPSA) is 46.3 Å². The number of halogens is 2. The van der Waals surface area contributed by atoms with Crippen LogP contribution < -0.4 is 5.73 Å². The maximum atomic E-state index is 12.7. The summed E-state index contributed by atoms with van der Waals surface area (Å²) < 4.78 is 0. The van der Waals surface area contributed by atoms with Crippen LogP contribution in [0.15, 0.2) is 18.2 Å². The van der Waals surface area contributed by atoms with Gasteiger partial charge in [-0.1, -0.05) is 29.3 Å². The highest BCUT2D eigenvalue weighted by atomic mass is 35.5. The molecule has 4 unspecified atom stereocenters. The largest absolute Gasteiger partial charge is 0.342 e. The maximum Gasteiger partial charge on any atom is 0.226 e. The number of benzene rings is 1. The van der Waals surface area contributed by atoms with Crippen LogP contribution in [0, 0.1) is 11.8 Å². The number of hydrogen-bond donors (Lipinski definition) is 1. The van der Waals surface area contributed by atoms with Gasteiger partial charge in [-0.2, -0.15) is 0 Å². The Morgan fingerprint density at radius 2 is 2.14 bits per heavy atom.